The van der Waals surface area contributed by atoms with Gasteiger partial charge in [-0.1, -0.05) is 24.3 Å². The molecule has 0 fully saturated rings. The monoisotopic (exact) mass is 389 g/mol. The maximum absolute atomic E-state index is 12.9. The molecule has 27 heavy (non-hydrogen) atoms. The number of aryl methyl sites for hydroxylation is 3. The molecule has 1 amide bonds. The number of nitrogens with one attached hydrogen (secondary N) is 1. The van der Waals surface area contributed by atoms with E-state index in [1.165, 1.54) is 14.1 Å². The van der Waals surface area contributed by atoms with Crippen molar-refractivity contribution in [2.45, 2.75) is 27.7 Å². The van der Waals surface area contributed by atoms with Crippen molar-refractivity contribution in [3.63, 3.8) is 0 Å². The predicted octanol–water partition coefficient (Wildman–Crippen LogP) is 3.17. The quantitative estimate of drug-likeness (QED) is 0.825. The van der Waals surface area contributed by atoms with Crippen LogP contribution in [0.5, 0.6) is 0 Å². The number of anilines is 2. The van der Waals surface area contributed by atoms with Crippen molar-refractivity contribution in [2.24, 2.45) is 0 Å². The molecule has 0 spiro atoms. The highest BCUT2D eigenvalue weighted by molar-refractivity contribution is 7.90. The highest BCUT2D eigenvalue weighted by atomic mass is 32.2. The summed E-state index contributed by atoms with van der Waals surface area (Å²) >= 11 is 0. The van der Waals surface area contributed by atoms with Crippen molar-refractivity contribution in [3.8, 4) is 0 Å². The van der Waals surface area contributed by atoms with Crippen molar-refractivity contribution in [1.29, 1.82) is 0 Å². The van der Waals surface area contributed by atoms with Crippen LogP contribution in [-0.2, 0) is 15.0 Å². The Balaban J connectivity index is 2.39. The van der Waals surface area contributed by atoms with Crippen LogP contribution in [0.4, 0.5) is 11.4 Å². The van der Waals surface area contributed by atoms with E-state index >= 15 is 0 Å². The minimum atomic E-state index is -3.83. The maximum atomic E-state index is 12.9. The summed E-state index contributed by atoms with van der Waals surface area (Å²) in [4.78, 5) is 12.7. The highest BCUT2D eigenvalue weighted by Gasteiger charge is 2.28. The summed E-state index contributed by atoms with van der Waals surface area (Å²) in [5.41, 5.74) is 4.90. The molecule has 0 aliphatic rings. The first-order valence-electron chi connectivity index (χ1n) is 8.67. The van der Waals surface area contributed by atoms with E-state index in [0.717, 1.165) is 30.9 Å². The Hall–Kier alpha value is -2.38. The lowest BCUT2D eigenvalue weighted by Gasteiger charge is -2.28. The number of hydrogen-bond acceptors (Lipinski definition) is 3. The summed E-state index contributed by atoms with van der Waals surface area (Å²) in [5.74, 6) is -0.393. The van der Waals surface area contributed by atoms with Crippen LogP contribution in [0.25, 0.3) is 0 Å². The van der Waals surface area contributed by atoms with E-state index in [-0.39, 0.29) is 6.54 Å². The molecule has 0 saturated carbocycles. The SMILES string of the molecule is Cc1ccc(C)c(N(CC(=O)Nc2cccc(C)c2C)S(=O)(=O)N(C)C)c1. The number of rotatable bonds is 6. The van der Waals surface area contributed by atoms with Crippen LogP contribution in [0.1, 0.15) is 22.3 Å². The van der Waals surface area contributed by atoms with Crippen LogP contribution < -0.4 is 9.62 Å². The molecular formula is C20H27N3O3S. The molecule has 0 aliphatic carbocycles. The average Bonchev–Trinajstić information content (AvgIpc) is 2.59. The second-order valence-corrected chi connectivity index (χ2v) is 8.95. The first-order valence-corrected chi connectivity index (χ1v) is 10.1. The van der Waals surface area contributed by atoms with Gasteiger partial charge < -0.3 is 5.32 Å². The van der Waals surface area contributed by atoms with Crippen LogP contribution in [-0.4, -0.2) is 39.3 Å². The first-order chi connectivity index (χ1) is 12.5. The lowest BCUT2D eigenvalue weighted by Crippen LogP contribution is -2.44. The van der Waals surface area contributed by atoms with Gasteiger partial charge in [-0.25, -0.2) is 4.31 Å². The van der Waals surface area contributed by atoms with E-state index in [1.54, 1.807) is 6.07 Å². The number of nitrogens with zero attached hydrogens (tertiary/aromatic N) is 2. The third-order valence-corrected chi connectivity index (χ3v) is 6.34. The molecule has 0 heterocycles. The second kappa shape index (κ2) is 8.10. The highest BCUT2D eigenvalue weighted by Crippen LogP contribution is 2.25. The van der Waals surface area contributed by atoms with Crippen molar-refractivity contribution >= 4 is 27.5 Å². The summed E-state index contributed by atoms with van der Waals surface area (Å²) in [5, 5.41) is 2.83. The summed E-state index contributed by atoms with van der Waals surface area (Å²) in [7, 11) is -0.922. The van der Waals surface area contributed by atoms with Crippen molar-refractivity contribution < 1.29 is 13.2 Å². The van der Waals surface area contributed by atoms with Gasteiger partial charge in [0, 0.05) is 19.8 Å². The van der Waals surface area contributed by atoms with Crippen LogP contribution in [0.2, 0.25) is 0 Å². The Morgan fingerprint density at radius 2 is 1.67 bits per heavy atom. The van der Waals surface area contributed by atoms with Gasteiger partial charge >= 0.3 is 10.2 Å². The van der Waals surface area contributed by atoms with Crippen LogP contribution in [0, 0.1) is 27.7 Å². The minimum Gasteiger partial charge on any atom is -0.324 e. The predicted molar refractivity (Wildman–Crippen MR) is 110 cm³/mol. The molecule has 2 rings (SSSR count). The smallest absolute Gasteiger partial charge is 0.304 e. The molecule has 0 radical (unpaired) electrons. The van der Waals surface area contributed by atoms with Crippen molar-refractivity contribution in [3.05, 3.63) is 58.7 Å². The van der Waals surface area contributed by atoms with E-state index in [1.807, 2.05) is 58.0 Å². The van der Waals surface area contributed by atoms with E-state index in [2.05, 4.69) is 5.32 Å². The van der Waals surface area contributed by atoms with Crippen molar-refractivity contribution in [2.75, 3.05) is 30.3 Å². The normalized spacial score (nSPS) is 11.5. The number of amides is 1. The van der Waals surface area contributed by atoms with Gasteiger partial charge in [-0.3, -0.25) is 4.79 Å². The number of hydrogen-bond donors (Lipinski definition) is 1. The third kappa shape index (κ3) is 4.67. The molecule has 7 heteroatoms. The van der Waals surface area contributed by atoms with Gasteiger partial charge in [-0.05, 0) is 62.1 Å². The summed E-state index contributed by atoms with van der Waals surface area (Å²) in [6.45, 7) is 7.29. The largest absolute Gasteiger partial charge is 0.324 e. The van der Waals surface area contributed by atoms with Gasteiger partial charge in [0.2, 0.25) is 5.91 Å². The van der Waals surface area contributed by atoms with Crippen molar-refractivity contribution in [1.82, 2.24) is 4.31 Å². The van der Waals surface area contributed by atoms with E-state index in [4.69, 9.17) is 0 Å². The third-order valence-electron chi connectivity index (χ3n) is 4.54. The van der Waals surface area contributed by atoms with Crippen LogP contribution >= 0.6 is 0 Å². The Labute approximate surface area is 162 Å². The zero-order valence-electron chi connectivity index (χ0n) is 16.7. The van der Waals surface area contributed by atoms with Gasteiger partial charge in [0.1, 0.15) is 6.54 Å². The molecule has 0 atom stereocenters. The van der Waals surface area contributed by atoms with Gasteiger partial charge in [0.25, 0.3) is 0 Å². The topological polar surface area (TPSA) is 69.7 Å². The fourth-order valence-corrected chi connectivity index (χ4v) is 3.80. The molecule has 1 N–H and O–H groups in total. The molecule has 0 aromatic heterocycles. The Bertz CT molecular complexity index is 953. The molecule has 6 nitrogen and oxygen atoms in total. The molecule has 0 bridgehead atoms. The Morgan fingerprint density at radius 1 is 1.00 bits per heavy atom. The fraction of sp³-hybridized carbons (Fsp3) is 0.350. The lowest BCUT2D eigenvalue weighted by molar-refractivity contribution is -0.114. The zero-order valence-corrected chi connectivity index (χ0v) is 17.5. The standard InChI is InChI=1S/C20H27N3O3S/c1-14-10-11-16(3)19(12-14)23(27(25,26)22(5)6)13-20(24)21-18-9-7-8-15(2)17(18)4/h7-12H,13H2,1-6H3,(H,21,24). The van der Waals surface area contributed by atoms with Gasteiger partial charge in [-0.15, -0.1) is 0 Å². The van der Waals surface area contributed by atoms with Gasteiger partial charge in [0.15, 0.2) is 0 Å². The Kier molecular flexibility index (Phi) is 6.28. The number of benzene rings is 2. The molecule has 2 aromatic rings. The second-order valence-electron chi connectivity index (χ2n) is 6.88. The maximum Gasteiger partial charge on any atom is 0.304 e. The number of carbonyl (C=O) groups excluding carboxylic acids is 1. The first kappa shape index (κ1) is 20.9. The molecule has 0 aliphatic heterocycles. The zero-order chi connectivity index (χ0) is 20.4. The summed E-state index contributed by atoms with van der Waals surface area (Å²) in [6, 6.07) is 11.2. The lowest BCUT2D eigenvalue weighted by atomic mass is 10.1. The van der Waals surface area contributed by atoms with Gasteiger partial charge in [-0.2, -0.15) is 12.7 Å². The number of carbonyl (C=O) groups is 1. The van der Waals surface area contributed by atoms with E-state index in [0.29, 0.717) is 11.4 Å². The van der Waals surface area contributed by atoms with Gasteiger partial charge in [0.05, 0.1) is 5.69 Å². The average molecular weight is 390 g/mol. The molecular weight excluding hydrogens is 362 g/mol. The molecule has 0 unspecified atom stereocenters. The minimum absolute atomic E-state index is 0.307. The fourth-order valence-electron chi connectivity index (χ4n) is 2.68. The van der Waals surface area contributed by atoms with E-state index in [9.17, 15) is 13.2 Å². The summed E-state index contributed by atoms with van der Waals surface area (Å²) in [6.07, 6.45) is 0. The summed E-state index contributed by atoms with van der Waals surface area (Å²) < 4.78 is 28.0. The van der Waals surface area contributed by atoms with E-state index < -0.39 is 16.1 Å². The molecule has 0 saturated heterocycles. The Morgan fingerprint density at radius 3 is 2.30 bits per heavy atom. The molecule has 146 valence electrons. The molecule has 2 aromatic carbocycles. The van der Waals surface area contributed by atoms with Crippen LogP contribution in [0.15, 0.2) is 36.4 Å². The van der Waals surface area contributed by atoms with Crippen LogP contribution in [0.3, 0.4) is 0 Å².